The highest BCUT2D eigenvalue weighted by atomic mass is 31.2. The summed E-state index contributed by atoms with van der Waals surface area (Å²) >= 11 is 0. The standard InChI is InChI=1S/C24H26NOP/c1-20(21(2)26)18-19-25-27(22-12-6-3-7-13-22,23-14-8-4-9-15-23)24-16-10-5-11-17-24/h3-17,20H,18-19H2,1-2H3. The molecule has 3 aromatic rings. The Hall–Kier alpha value is -2.44. The molecule has 0 heterocycles. The summed E-state index contributed by atoms with van der Waals surface area (Å²) in [5.41, 5.74) is 0. The van der Waals surface area contributed by atoms with Gasteiger partial charge in [0, 0.05) is 28.4 Å². The first-order valence-electron chi connectivity index (χ1n) is 9.40. The van der Waals surface area contributed by atoms with Gasteiger partial charge in [-0.05, 0) is 13.3 Å². The van der Waals surface area contributed by atoms with Crippen LogP contribution in [-0.4, -0.2) is 12.3 Å². The minimum Gasteiger partial charge on any atom is -0.300 e. The number of benzene rings is 3. The highest BCUT2D eigenvalue weighted by Gasteiger charge is 2.26. The molecular formula is C24H26NOP. The van der Waals surface area contributed by atoms with Gasteiger partial charge in [-0.15, -0.1) is 0 Å². The lowest BCUT2D eigenvalue weighted by atomic mass is 10.0. The predicted octanol–water partition coefficient (Wildman–Crippen LogP) is 4.78. The zero-order valence-electron chi connectivity index (χ0n) is 16.0. The van der Waals surface area contributed by atoms with Crippen LogP contribution in [0.25, 0.3) is 0 Å². The van der Waals surface area contributed by atoms with E-state index in [1.165, 1.54) is 15.9 Å². The monoisotopic (exact) mass is 375 g/mol. The molecule has 0 bridgehead atoms. The number of carbonyl (C=O) groups excluding carboxylic acids is 1. The Morgan fingerprint density at radius 2 is 1.15 bits per heavy atom. The van der Waals surface area contributed by atoms with E-state index in [4.69, 9.17) is 4.74 Å². The summed E-state index contributed by atoms with van der Waals surface area (Å²) in [6.45, 7) is 4.33. The molecule has 0 spiro atoms. The number of rotatable bonds is 7. The van der Waals surface area contributed by atoms with Gasteiger partial charge in [0.25, 0.3) is 0 Å². The minimum atomic E-state index is -2.13. The van der Waals surface area contributed by atoms with Crippen molar-refractivity contribution >= 4 is 28.8 Å². The van der Waals surface area contributed by atoms with E-state index < -0.39 is 7.05 Å². The molecule has 3 rings (SSSR count). The Kier molecular flexibility index (Phi) is 6.42. The van der Waals surface area contributed by atoms with Gasteiger partial charge < -0.3 is 0 Å². The molecule has 0 N–H and O–H groups in total. The third kappa shape index (κ3) is 4.28. The lowest BCUT2D eigenvalue weighted by molar-refractivity contribution is -0.120. The van der Waals surface area contributed by atoms with Gasteiger partial charge in [0.2, 0.25) is 0 Å². The molecular weight excluding hydrogens is 349 g/mol. The van der Waals surface area contributed by atoms with Crippen molar-refractivity contribution in [2.24, 2.45) is 10.7 Å². The van der Waals surface area contributed by atoms with E-state index in [1.807, 2.05) is 25.1 Å². The number of hydrogen-bond donors (Lipinski definition) is 0. The van der Waals surface area contributed by atoms with E-state index in [2.05, 4.69) is 72.8 Å². The van der Waals surface area contributed by atoms with E-state index in [-0.39, 0.29) is 11.7 Å². The first kappa shape index (κ1) is 19.3. The predicted molar refractivity (Wildman–Crippen MR) is 117 cm³/mol. The maximum atomic E-state index is 11.7. The second-order valence-corrected chi connectivity index (χ2v) is 9.91. The fourth-order valence-electron chi connectivity index (χ4n) is 3.23. The molecule has 3 aromatic carbocycles. The highest BCUT2D eigenvalue weighted by Crippen LogP contribution is 2.46. The summed E-state index contributed by atoms with van der Waals surface area (Å²) < 4.78 is 5.35. The van der Waals surface area contributed by atoms with Gasteiger partial charge in [-0.3, -0.25) is 9.54 Å². The first-order valence-corrected chi connectivity index (χ1v) is 11.1. The molecule has 138 valence electrons. The van der Waals surface area contributed by atoms with Gasteiger partial charge >= 0.3 is 0 Å². The van der Waals surface area contributed by atoms with Crippen LogP contribution in [0.5, 0.6) is 0 Å². The molecule has 0 saturated carbocycles. The van der Waals surface area contributed by atoms with E-state index >= 15 is 0 Å². The SMILES string of the molecule is CC(=O)C(C)CCN=P(c1ccccc1)(c1ccccc1)c1ccccc1. The van der Waals surface area contributed by atoms with Crippen molar-refractivity contribution in [2.75, 3.05) is 6.54 Å². The zero-order valence-corrected chi connectivity index (χ0v) is 16.8. The largest absolute Gasteiger partial charge is 0.300 e. The van der Waals surface area contributed by atoms with Crippen molar-refractivity contribution in [2.45, 2.75) is 20.3 Å². The quantitative estimate of drug-likeness (QED) is 0.547. The van der Waals surface area contributed by atoms with Gasteiger partial charge in [-0.2, -0.15) is 0 Å². The third-order valence-corrected chi connectivity index (χ3v) is 8.72. The van der Waals surface area contributed by atoms with Crippen LogP contribution in [0, 0.1) is 5.92 Å². The van der Waals surface area contributed by atoms with Crippen LogP contribution >= 0.6 is 7.05 Å². The van der Waals surface area contributed by atoms with Crippen LogP contribution in [0.4, 0.5) is 0 Å². The molecule has 0 amide bonds. The lowest BCUT2D eigenvalue weighted by Gasteiger charge is -2.27. The van der Waals surface area contributed by atoms with Crippen molar-refractivity contribution < 1.29 is 4.79 Å². The maximum absolute atomic E-state index is 11.7. The molecule has 0 radical (unpaired) electrons. The van der Waals surface area contributed by atoms with Crippen LogP contribution in [0.3, 0.4) is 0 Å². The normalized spacial score (nSPS) is 12.4. The molecule has 1 atom stereocenters. The minimum absolute atomic E-state index is 0.0398. The topological polar surface area (TPSA) is 29.4 Å². The Bertz CT molecular complexity index is 817. The molecule has 0 aliphatic heterocycles. The van der Waals surface area contributed by atoms with E-state index in [0.717, 1.165) is 6.42 Å². The molecule has 0 aromatic heterocycles. The molecule has 27 heavy (non-hydrogen) atoms. The second-order valence-electron chi connectivity index (χ2n) is 6.81. The van der Waals surface area contributed by atoms with Crippen molar-refractivity contribution in [3.8, 4) is 0 Å². The number of carbonyl (C=O) groups is 1. The fourth-order valence-corrected chi connectivity index (χ4v) is 6.84. The van der Waals surface area contributed by atoms with Crippen LogP contribution in [0.1, 0.15) is 20.3 Å². The molecule has 0 aliphatic rings. The van der Waals surface area contributed by atoms with Gasteiger partial charge in [0.05, 0.1) is 7.05 Å². The van der Waals surface area contributed by atoms with Crippen LogP contribution in [0.2, 0.25) is 0 Å². The highest BCUT2D eigenvalue weighted by molar-refractivity contribution is 7.87. The van der Waals surface area contributed by atoms with Gasteiger partial charge in [0.1, 0.15) is 5.78 Å². The average molecular weight is 375 g/mol. The number of ketones is 1. The smallest absolute Gasteiger partial charge is 0.132 e. The van der Waals surface area contributed by atoms with Gasteiger partial charge in [-0.1, -0.05) is 97.9 Å². The summed E-state index contributed by atoms with van der Waals surface area (Å²) in [7, 11) is -2.13. The van der Waals surface area contributed by atoms with Gasteiger partial charge in [-0.25, -0.2) is 0 Å². The molecule has 2 nitrogen and oxygen atoms in total. The number of Topliss-reactive ketones (excluding diaryl/α,β-unsaturated/α-hetero) is 1. The Balaban J connectivity index is 2.21. The van der Waals surface area contributed by atoms with E-state index in [1.54, 1.807) is 6.92 Å². The number of nitrogens with zero attached hydrogens (tertiary/aromatic N) is 1. The third-order valence-electron chi connectivity index (χ3n) is 4.96. The van der Waals surface area contributed by atoms with E-state index in [0.29, 0.717) is 6.54 Å². The molecule has 1 unspecified atom stereocenters. The first-order chi connectivity index (χ1) is 13.1. The fraction of sp³-hybridized carbons (Fsp3) is 0.208. The summed E-state index contributed by atoms with van der Waals surface area (Å²) in [6, 6.07) is 31.8. The van der Waals surface area contributed by atoms with Crippen LogP contribution in [-0.2, 0) is 4.79 Å². The van der Waals surface area contributed by atoms with Crippen molar-refractivity contribution in [3.05, 3.63) is 91.0 Å². The van der Waals surface area contributed by atoms with Crippen molar-refractivity contribution in [1.29, 1.82) is 0 Å². The Morgan fingerprint density at radius 1 is 0.778 bits per heavy atom. The van der Waals surface area contributed by atoms with Crippen LogP contribution in [0.15, 0.2) is 95.7 Å². The summed E-state index contributed by atoms with van der Waals surface area (Å²) in [6.07, 6.45) is 0.781. The summed E-state index contributed by atoms with van der Waals surface area (Å²) in [5.74, 6) is 0.270. The zero-order chi connectivity index (χ0) is 19.1. The molecule has 3 heteroatoms. The molecule has 0 fully saturated rings. The summed E-state index contributed by atoms with van der Waals surface area (Å²) in [4.78, 5) is 11.7. The summed E-state index contributed by atoms with van der Waals surface area (Å²) in [5, 5.41) is 3.74. The second kappa shape index (κ2) is 8.97. The van der Waals surface area contributed by atoms with Gasteiger partial charge in [0.15, 0.2) is 0 Å². The maximum Gasteiger partial charge on any atom is 0.132 e. The van der Waals surface area contributed by atoms with Crippen molar-refractivity contribution in [3.63, 3.8) is 0 Å². The average Bonchev–Trinajstić information content (AvgIpc) is 2.73. The Morgan fingerprint density at radius 3 is 1.48 bits per heavy atom. The number of hydrogen-bond acceptors (Lipinski definition) is 2. The molecule has 0 aliphatic carbocycles. The Labute approximate surface area is 162 Å². The van der Waals surface area contributed by atoms with E-state index in [9.17, 15) is 4.79 Å². The van der Waals surface area contributed by atoms with Crippen LogP contribution < -0.4 is 15.9 Å². The lowest BCUT2D eigenvalue weighted by Crippen LogP contribution is -2.25. The van der Waals surface area contributed by atoms with Crippen molar-refractivity contribution in [1.82, 2.24) is 0 Å². The molecule has 0 saturated heterocycles.